The molecule has 4 N–H and O–H groups in total. The molecule has 0 aromatic heterocycles. The van der Waals surface area contributed by atoms with E-state index in [1.54, 1.807) is 12.1 Å². The zero-order valence-corrected chi connectivity index (χ0v) is 10.5. The van der Waals surface area contributed by atoms with Gasteiger partial charge < -0.3 is 16.2 Å². The van der Waals surface area contributed by atoms with Crippen LogP contribution in [0, 0.1) is 5.92 Å². The molecule has 4 nitrogen and oxygen atoms in total. The summed E-state index contributed by atoms with van der Waals surface area (Å²) < 4.78 is 0. The second kappa shape index (κ2) is 6.47. The van der Waals surface area contributed by atoms with Crippen LogP contribution in [0.3, 0.4) is 0 Å². The summed E-state index contributed by atoms with van der Waals surface area (Å²) in [6, 6.07) is 4.91. The Labute approximate surface area is 106 Å². The quantitative estimate of drug-likeness (QED) is 0.743. The first-order valence-corrected chi connectivity index (χ1v) is 5.91. The van der Waals surface area contributed by atoms with Crippen molar-refractivity contribution in [2.24, 2.45) is 11.7 Å². The Balaban J connectivity index is 2.73. The Kier molecular flexibility index (Phi) is 5.25. The molecule has 0 bridgehead atoms. The summed E-state index contributed by atoms with van der Waals surface area (Å²) in [7, 11) is 0. The number of hydrogen-bond donors (Lipinski definition) is 3. The van der Waals surface area contributed by atoms with E-state index < -0.39 is 0 Å². The predicted octanol–water partition coefficient (Wildman–Crippen LogP) is 1.30. The standard InChI is InChI=1S/C12H17ClN2O2/c1-2-15-12(17)9(7-14)5-8-3-4-11(16)10(13)6-8/h3-4,6,9,16H,2,5,7,14H2,1H3,(H,15,17). The number of nitrogens with one attached hydrogen (secondary N) is 1. The van der Waals surface area contributed by atoms with Gasteiger partial charge in [-0.15, -0.1) is 0 Å². The lowest BCUT2D eigenvalue weighted by Gasteiger charge is -2.14. The van der Waals surface area contributed by atoms with Gasteiger partial charge in [0.25, 0.3) is 0 Å². The van der Waals surface area contributed by atoms with Gasteiger partial charge in [0.2, 0.25) is 5.91 Å². The molecule has 0 heterocycles. The van der Waals surface area contributed by atoms with Gasteiger partial charge in [-0.05, 0) is 31.0 Å². The predicted molar refractivity (Wildman–Crippen MR) is 68.0 cm³/mol. The van der Waals surface area contributed by atoms with Crippen LogP contribution >= 0.6 is 11.6 Å². The maximum absolute atomic E-state index is 11.7. The molecule has 1 atom stereocenters. The van der Waals surface area contributed by atoms with Crippen molar-refractivity contribution in [3.05, 3.63) is 28.8 Å². The van der Waals surface area contributed by atoms with Crippen molar-refractivity contribution in [1.82, 2.24) is 5.32 Å². The molecule has 0 aliphatic carbocycles. The van der Waals surface area contributed by atoms with Crippen molar-refractivity contribution in [1.29, 1.82) is 0 Å². The van der Waals surface area contributed by atoms with E-state index >= 15 is 0 Å². The molecule has 0 saturated heterocycles. The van der Waals surface area contributed by atoms with Gasteiger partial charge in [0.1, 0.15) is 5.75 Å². The molecule has 94 valence electrons. The first-order chi connectivity index (χ1) is 8.08. The van der Waals surface area contributed by atoms with Crippen LogP contribution in [0.25, 0.3) is 0 Å². The van der Waals surface area contributed by atoms with E-state index in [1.165, 1.54) is 6.07 Å². The molecule has 0 spiro atoms. The van der Waals surface area contributed by atoms with Gasteiger partial charge in [0, 0.05) is 13.1 Å². The zero-order chi connectivity index (χ0) is 12.8. The second-order valence-corrected chi connectivity index (χ2v) is 4.22. The molecule has 0 aliphatic heterocycles. The van der Waals surface area contributed by atoms with Gasteiger partial charge in [-0.3, -0.25) is 4.79 Å². The highest BCUT2D eigenvalue weighted by Crippen LogP contribution is 2.24. The summed E-state index contributed by atoms with van der Waals surface area (Å²) >= 11 is 5.80. The molecule has 0 fully saturated rings. The fourth-order valence-electron chi connectivity index (χ4n) is 1.56. The van der Waals surface area contributed by atoms with Crippen molar-refractivity contribution >= 4 is 17.5 Å². The fourth-order valence-corrected chi connectivity index (χ4v) is 1.77. The van der Waals surface area contributed by atoms with Gasteiger partial charge in [-0.2, -0.15) is 0 Å². The average molecular weight is 257 g/mol. The van der Waals surface area contributed by atoms with Crippen LogP contribution in [0.15, 0.2) is 18.2 Å². The highest BCUT2D eigenvalue weighted by molar-refractivity contribution is 6.32. The summed E-state index contributed by atoms with van der Waals surface area (Å²) in [6.45, 7) is 2.74. The number of amides is 1. The van der Waals surface area contributed by atoms with E-state index in [0.717, 1.165) is 5.56 Å². The minimum Gasteiger partial charge on any atom is -0.506 e. The van der Waals surface area contributed by atoms with Crippen molar-refractivity contribution in [2.45, 2.75) is 13.3 Å². The Bertz CT molecular complexity index is 396. The Morgan fingerprint density at radius 3 is 2.82 bits per heavy atom. The molecule has 1 rings (SSSR count). The van der Waals surface area contributed by atoms with Crippen molar-refractivity contribution in [3.63, 3.8) is 0 Å². The lowest BCUT2D eigenvalue weighted by Crippen LogP contribution is -2.36. The number of carbonyl (C=O) groups excluding carboxylic acids is 1. The lowest BCUT2D eigenvalue weighted by atomic mass is 9.98. The van der Waals surface area contributed by atoms with Crippen LogP contribution in [-0.4, -0.2) is 24.1 Å². The maximum atomic E-state index is 11.7. The van der Waals surface area contributed by atoms with Gasteiger partial charge in [-0.25, -0.2) is 0 Å². The van der Waals surface area contributed by atoms with Crippen LogP contribution in [0.4, 0.5) is 0 Å². The highest BCUT2D eigenvalue weighted by atomic mass is 35.5. The summed E-state index contributed by atoms with van der Waals surface area (Å²) in [4.78, 5) is 11.7. The first-order valence-electron chi connectivity index (χ1n) is 5.53. The number of phenolic OH excluding ortho intramolecular Hbond substituents is 1. The average Bonchev–Trinajstić information content (AvgIpc) is 2.30. The third kappa shape index (κ3) is 3.91. The van der Waals surface area contributed by atoms with E-state index in [-0.39, 0.29) is 29.1 Å². The molecule has 0 saturated carbocycles. The summed E-state index contributed by atoms with van der Waals surface area (Å²) in [6.07, 6.45) is 0.516. The molecule has 1 amide bonds. The molecule has 1 aromatic carbocycles. The van der Waals surface area contributed by atoms with Gasteiger partial charge in [-0.1, -0.05) is 17.7 Å². The van der Waals surface area contributed by atoms with E-state index in [0.29, 0.717) is 13.0 Å². The van der Waals surface area contributed by atoms with E-state index in [2.05, 4.69) is 5.32 Å². The number of phenols is 1. The lowest BCUT2D eigenvalue weighted by molar-refractivity contribution is -0.124. The van der Waals surface area contributed by atoms with Gasteiger partial charge in [0.15, 0.2) is 0 Å². The van der Waals surface area contributed by atoms with Crippen LogP contribution in [0.5, 0.6) is 5.75 Å². The van der Waals surface area contributed by atoms with Crippen molar-refractivity contribution < 1.29 is 9.90 Å². The van der Waals surface area contributed by atoms with E-state index in [1.807, 2.05) is 6.92 Å². The topological polar surface area (TPSA) is 75.4 Å². The molecular weight excluding hydrogens is 240 g/mol. The number of aromatic hydroxyl groups is 1. The maximum Gasteiger partial charge on any atom is 0.224 e. The zero-order valence-electron chi connectivity index (χ0n) is 9.74. The summed E-state index contributed by atoms with van der Waals surface area (Å²) in [5, 5.41) is 12.3. The number of benzene rings is 1. The van der Waals surface area contributed by atoms with Crippen LogP contribution in [-0.2, 0) is 11.2 Å². The molecular formula is C12H17ClN2O2. The van der Waals surface area contributed by atoms with E-state index in [9.17, 15) is 9.90 Å². The third-order valence-corrected chi connectivity index (χ3v) is 2.80. The molecule has 5 heteroatoms. The van der Waals surface area contributed by atoms with Gasteiger partial charge >= 0.3 is 0 Å². The minimum absolute atomic E-state index is 0.0396. The van der Waals surface area contributed by atoms with Crippen LogP contribution in [0.1, 0.15) is 12.5 Å². The SMILES string of the molecule is CCNC(=O)C(CN)Cc1ccc(O)c(Cl)c1. The summed E-state index contributed by atoms with van der Waals surface area (Å²) in [5.41, 5.74) is 6.46. The number of carbonyl (C=O) groups is 1. The largest absolute Gasteiger partial charge is 0.506 e. The normalized spacial score (nSPS) is 12.2. The monoisotopic (exact) mass is 256 g/mol. The van der Waals surface area contributed by atoms with Crippen LogP contribution in [0.2, 0.25) is 5.02 Å². The van der Waals surface area contributed by atoms with Crippen LogP contribution < -0.4 is 11.1 Å². The molecule has 0 aliphatic rings. The van der Waals surface area contributed by atoms with E-state index in [4.69, 9.17) is 17.3 Å². The fraction of sp³-hybridized carbons (Fsp3) is 0.417. The minimum atomic E-state index is -0.268. The second-order valence-electron chi connectivity index (χ2n) is 3.82. The molecule has 17 heavy (non-hydrogen) atoms. The first kappa shape index (κ1) is 13.8. The van der Waals surface area contributed by atoms with Crippen molar-refractivity contribution in [3.8, 4) is 5.75 Å². The Hall–Kier alpha value is -1.26. The molecule has 1 aromatic rings. The highest BCUT2D eigenvalue weighted by Gasteiger charge is 2.16. The smallest absolute Gasteiger partial charge is 0.224 e. The molecule has 0 radical (unpaired) electrons. The number of halogens is 1. The molecule has 1 unspecified atom stereocenters. The summed E-state index contributed by atoms with van der Waals surface area (Å²) in [5.74, 6) is -0.285. The van der Waals surface area contributed by atoms with Crippen molar-refractivity contribution in [2.75, 3.05) is 13.1 Å². The number of hydrogen-bond acceptors (Lipinski definition) is 3. The Morgan fingerprint density at radius 1 is 1.59 bits per heavy atom. The third-order valence-electron chi connectivity index (χ3n) is 2.50. The van der Waals surface area contributed by atoms with Gasteiger partial charge in [0.05, 0.1) is 10.9 Å². The Morgan fingerprint density at radius 2 is 2.29 bits per heavy atom. The number of rotatable bonds is 5. The number of nitrogens with two attached hydrogens (primary N) is 1.